The Kier molecular flexibility index (Phi) is 26.2. The lowest BCUT2D eigenvalue weighted by atomic mass is 10.0. The van der Waals surface area contributed by atoms with E-state index in [9.17, 15) is 73.5 Å². The summed E-state index contributed by atoms with van der Waals surface area (Å²) >= 11 is 0. The van der Waals surface area contributed by atoms with Crippen molar-refractivity contribution < 1.29 is 73.5 Å². The number of hydrogen-bond acceptors (Lipinski definition) is 16. The summed E-state index contributed by atoms with van der Waals surface area (Å²) in [5.74, 6) is -9.95. The van der Waals surface area contributed by atoms with Crippen LogP contribution in [0.15, 0.2) is 54.6 Å². The molecule has 420 valence electrons. The van der Waals surface area contributed by atoms with Crippen molar-refractivity contribution >= 4 is 59.1 Å². The van der Waals surface area contributed by atoms with Crippen molar-refractivity contribution in [3.8, 4) is 5.75 Å². The molecule has 0 aromatic heterocycles. The molecular weight excluding hydrogens is 995 g/mol. The van der Waals surface area contributed by atoms with Crippen LogP contribution < -0.4 is 54.4 Å². The quantitative estimate of drug-likeness (QED) is 0.0309. The van der Waals surface area contributed by atoms with Gasteiger partial charge in [-0.05, 0) is 87.6 Å². The minimum absolute atomic E-state index is 0.000661. The van der Waals surface area contributed by atoms with E-state index in [4.69, 9.17) is 17.2 Å². The highest BCUT2D eigenvalue weighted by molar-refractivity contribution is 5.98. The van der Waals surface area contributed by atoms with Gasteiger partial charge in [0.1, 0.15) is 60.1 Å². The summed E-state index contributed by atoms with van der Waals surface area (Å²) in [5.41, 5.74) is 17.6. The minimum atomic E-state index is -1.79. The molecule has 1 saturated heterocycles. The zero-order chi connectivity index (χ0) is 56.6. The van der Waals surface area contributed by atoms with Gasteiger partial charge in [-0.25, -0.2) is 4.79 Å². The van der Waals surface area contributed by atoms with Gasteiger partial charge in [-0.2, -0.15) is 0 Å². The number of rotatable bonds is 32. The number of hydrogen-bond donors (Lipinski definition) is 15. The number of nitrogens with zero attached hydrogens (tertiary/aromatic N) is 1. The Morgan fingerprint density at radius 3 is 1.74 bits per heavy atom. The normalized spacial score (nSPS) is 16.8. The number of aliphatic hydroxyl groups excluding tert-OH is 3. The molecule has 26 nitrogen and oxygen atoms in total. The highest BCUT2D eigenvalue weighted by Crippen LogP contribution is 2.22. The van der Waals surface area contributed by atoms with E-state index in [1.54, 1.807) is 44.2 Å². The van der Waals surface area contributed by atoms with Gasteiger partial charge in [-0.3, -0.25) is 43.2 Å². The Morgan fingerprint density at radius 1 is 0.645 bits per heavy atom. The second kappa shape index (κ2) is 31.6. The van der Waals surface area contributed by atoms with Crippen LogP contribution in [0.1, 0.15) is 83.3 Å². The highest BCUT2D eigenvalue weighted by atomic mass is 16.4. The summed E-state index contributed by atoms with van der Waals surface area (Å²) in [6.45, 7) is 3.33. The Balaban J connectivity index is 1.85. The molecule has 0 aliphatic carbocycles. The number of nitrogens with two attached hydrogens (primary N) is 3. The number of carbonyl (C=O) groups is 10. The number of amides is 9. The summed E-state index contributed by atoms with van der Waals surface area (Å²) in [6, 6.07) is 0.929. The van der Waals surface area contributed by atoms with E-state index in [2.05, 4.69) is 37.2 Å². The molecule has 0 radical (unpaired) electrons. The Hall–Kier alpha value is -7.26. The molecular formula is C50H75N11O15. The van der Waals surface area contributed by atoms with Crippen LogP contribution in [0.5, 0.6) is 5.75 Å². The average Bonchev–Trinajstić information content (AvgIpc) is 3.88. The van der Waals surface area contributed by atoms with Crippen LogP contribution in [0.2, 0.25) is 0 Å². The van der Waals surface area contributed by atoms with Gasteiger partial charge >= 0.3 is 5.97 Å². The second-order valence-corrected chi connectivity index (χ2v) is 19.1. The average molecular weight is 1070 g/mol. The van der Waals surface area contributed by atoms with Crippen LogP contribution in [0.4, 0.5) is 0 Å². The van der Waals surface area contributed by atoms with Gasteiger partial charge < -0.3 is 84.9 Å². The smallest absolute Gasteiger partial charge is 0.326 e. The first-order valence-corrected chi connectivity index (χ1v) is 25.1. The van der Waals surface area contributed by atoms with Crippen molar-refractivity contribution in [3.63, 3.8) is 0 Å². The van der Waals surface area contributed by atoms with Crippen molar-refractivity contribution in [2.24, 2.45) is 23.1 Å². The molecule has 2 aromatic carbocycles. The van der Waals surface area contributed by atoms with Crippen molar-refractivity contribution in [3.05, 3.63) is 65.7 Å². The summed E-state index contributed by atoms with van der Waals surface area (Å²) < 4.78 is 0. The van der Waals surface area contributed by atoms with Gasteiger partial charge in [0.05, 0.1) is 19.3 Å². The third-order valence-electron chi connectivity index (χ3n) is 12.4. The topological polar surface area (TPSA) is 437 Å². The van der Waals surface area contributed by atoms with Crippen molar-refractivity contribution in [1.29, 1.82) is 0 Å². The molecule has 2 aromatic rings. The number of phenolic OH excluding ortho intramolecular Hbond substituents is 1. The van der Waals surface area contributed by atoms with E-state index in [1.807, 2.05) is 0 Å². The molecule has 10 atom stereocenters. The van der Waals surface area contributed by atoms with Crippen LogP contribution in [0, 0.1) is 5.92 Å². The summed E-state index contributed by atoms with van der Waals surface area (Å²) in [7, 11) is 0. The van der Waals surface area contributed by atoms with E-state index in [-0.39, 0.29) is 50.3 Å². The number of aliphatic carboxylic acids is 1. The maximum absolute atomic E-state index is 14.5. The van der Waals surface area contributed by atoms with Gasteiger partial charge in [0.2, 0.25) is 53.2 Å². The first kappa shape index (κ1) is 63.0. The molecule has 18 N–H and O–H groups in total. The number of carboxylic acids is 1. The zero-order valence-corrected chi connectivity index (χ0v) is 42.9. The maximum Gasteiger partial charge on any atom is 0.326 e. The number of aromatic hydroxyl groups is 1. The Morgan fingerprint density at radius 2 is 1.18 bits per heavy atom. The van der Waals surface area contributed by atoms with E-state index in [0.717, 1.165) is 0 Å². The van der Waals surface area contributed by atoms with Crippen LogP contribution in [-0.2, 0) is 60.8 Å². The largest absolute Gasteiger partial charge is 0.508 e. The van der Waals surface area contributed by atoms with Gasteiger partial charge in [0.25, 0.3) is 0 Å². The molecule has 10 unspecified atom stereocenters. The van der Waals surface area contributed by atoms with Gasteiger partial charge in [0.15, 0.2) is 0 Å². The van der Waals surface area contributed by atoms with E-state index in [1.165, 1.54) is 36.1 Å². The van der Waals surface area contributed by atoms with Crippen molar-refractivity contribution in [2.45, 2.75) is 145 Å². The summed E-state index contributed by atoms with van der Waals surface area (Å²) in [6.07, 6.45) is -1.46. The number of primary amides is 1. The number of likely N-dealkylation sites (tertiary alicyclic amines) is 1. The third-order valence-corrected chi connectivity index (χ3v) is 12.4. The van der Waals surface area contributed by atoms with Gasteiger partial charge in [-0.1, -0.05) is 56.3 Å². The van der Waals surface area contributed by atoms with E-state index in [0.29, 0.717) is 36.9 Å². The fourth-order valence-electron chi connectivity index (χ4n) is 8.20. The number of unbranched alkanes of at least 4 members (excludes halogenated alkanes) is 1. The number of carbonyl (C=O) groups excluding carboxylic acids is 9. The lowest BCUT2D eigenvalue weighted by Crippen LogP contribution is -2.62. The van der Waals surface area contributed by atoms with E-state index < -0.39 is 146 Å². The number of aliphatic hydroxyl groups is 3. The lowest BCUT2D eigenvalue weighted by Gasteiger charge is -2.32. The van der Waals surface area contributed by atoms with Crippen molar-refractivity contribution in [2.75, 3.05) is 26.3 Å². The fourth-order valence-corrected chi connectivity index (χ4v) is 8.20. The van der Waals surface area contributed by atoms with Crippen LogP contribution in [-0.4, -0.2) is 176 Å². The number of phenols is 1. The maximum atomic E-state index is 14.5. The minimum Gasteiger partial charge on any atom is -0.508 e. The zero-order valence-electron chi connectivity index (χ0n) is 42.9. The highest BCUT2D eigenvalue weighted by Gasteiger charge is 2.41. The molecule has 0 saturated carbocycles. The van der Waals surface area contributed by atoms with Crippen molar-refractivity contribution in [1.82, 2.24) is 42.1 Å². The van der Waals surface area contributed by atoms with Gasteiger partial charge in [0, 0.05) is 25.8 Å². The number of nitrogens with one attached hydrogen (secondary N) is 7. The third kappa shape index (κ3) is 20.5. The monoisotopic (exact) mass is 1070 g/mol. The molecule has 0 spiro atoms. The fraction of sp³-hybridized carbons (Fsp3) is 0.560. The van der Waals surface area contributed by atoms with Crippen LogP contribution in [0.25, 0.3) is 0 Å². The summed E-state index contributed by atoms with van der Waals surface area (Å²) in [4.78, 5) is 135. The molecule has 1 fully saturated rings. The number of carboxylic acid groups (broad SMARTS) is 1. The van der Waals surface area contributed by atoms with E-state index >= 15 is 0 Å². The molecule has 3 rings (SSSR count). The number of benzene rings is 2. The molecule has 26 heteroatoms. The second-order valence-electron chi connectivity index (χ2n) is 19.1. The predicted molar refractivity (Wildman–Crippen MR) is 272 cm³/mol. The van der Waals surface area contributed by atoms with Gasteiger partial charge in [-0.15, -0.1) is 0 Å². The van der Waals surface area contributed by atoms with Crippen LogP contribution in [0.3, 0.4) is 0 Å². The lowest BCUT2D eigenvalue weighted by molar-refractivity contribution is -0.143. The first-order chi connectivity index (χ1) is 36.0. The van der Waals surface area contributed by atoms with Crippen LogP contribution >= 0.6 is 0 Å². The molecule has 1 aliphatic heterocycles. The molecule has 76 heavy (non-hydrogen) atoms. The predicted octanol–water partition coefficient (Wildman–Crippen LogP) is -4.22. The molecule has 1 aliphatic rings. The molecule has 0 bridgehead atoms. The Labute approximate surface area is 440 Å². The molecule has 1 heterocycles. The molecule has 9 amide bonds. The SMILES string of the molecule is CC(C)CC(NC(=O)C(NC(=O)C(CCC(N)=O)NC(=O)C(Cc1ccc(O)cc1)NC(=O)C(N)CO)C(C)O)C(=O)N1CCCC1C(=O)NC(Cc1ccccc1)C(=O)NC(CO)C(=O)NC(CCCCN)C(=O)O. The first-order valence-electron chi connectivity index (χ1n) is 25.1. The standard InChI is InChI=1S/C50H75N11O15/c1-27(2)22-37(58-48(73)41(28(3)64)60-43(68)33(18-19-40(53)66)54-44(69)35(56-42(67)32(52)25-62)24-30-14-16-31(65)17-15-30)49(74)61-21-9-13-39(61)47(72)57-36(23-29-10-5-4-6-11-29)45(70)59-38(26-63)46(71)55-34(50(75)76)12-7-8-20-51/h4-6,10-11,14-17,27-28,32-39,41,62-65H,7-9,12-13,18-26,51-52H2,1-3H3,(H2,53,66)(H,54,69)(H,55,71)(H,56,67)(H,57,72)(H,58,73)(H,59,70)(H,60,68)(H,75,76). The summed E-state index contributed by atoms with van der Waals surface area (Å²) in [5, 5.41) is 67.1. The Bertz CT molecular complexity index is 2290.